The normalized spacial score (nSPS) is 13.9. The van der Waals surface area contributed by atoms with Crippen LogP contribution in [0.5, 0.6) is 5.75 Å². The first-order valence-corrected chi connectivity index (χ1v) is 12.9. The Balaban J connectivity index is 1.34. The van der Waals surface area contributed by atoms with Crippen LogP contribution in [0.15, 0.2) is 54.0 Å². The molecule has 10 heteroatoms. The highest BCUT2D eigenvalue weighted by molar-refractivity contribution is 7.16. The summed E-state index contributed by atoms with van der Waals surface area (Å²) in [5.74, 6) is 2.50. The Kier molecular flexibility index (Phi) is 7.36. The number of nitrogens with zero attached hydrogens (tertiary/aromatic N) is 3. The molecule has 186 valence electrons. The van der Waals surface area contributed by atoms with Crippen molar-refractivity contribution in [1.29, 1.82) is 0 Å². The van der Waals surface area contributed by atoms with E-state index in [1.54, 1.807) is 5.51 Å². The number of carbonyl (C=O) groups excluding carboxylic acids is 1. The summed E-state index contributed by atoms with van der Waals surface area (Å²) in [7, 11) is 0. The second kappa shape index (κ2) is 11.0. The molecule has 0 bridgehead atoms. The average molecular weight is 504 g/mol. The molecule has 0 spiro atoms. The van der Waals surface area contributed by atoms with E-state index in [1.807, 2.05) is 24.3 Å². The number of aromatic nitrogens is 3. The van der Waals surface area contributed by atoms with E-state index in [1.165, 1.54) is 16.9 Å². The lowest BCUT2D eigenvalue weighted by atomic mass is 10.0. The summed E-state index contributed by atoms with van der Waals surface area (Å²) < 4.78 is 5.71. The molecule has 3 heterocycles. The van der Waals surface area contributed by atoms with Gasteiger partial charge in [0.15, 0.2) is 18.2 Å². The molecule has 4 N–H and O–H groups in total. The van der Waals surface area contributed by atoms with E-state index < -0.39 is 0 Å². The molecule has 2 aromatic heterocycles. The lowest BCUT2D eigenvalue weighted by Gasteiger charge is -2.12. The van der Waals surface area contributed by atoms with Crippen LogP contribution in [0.3, 0.4) is 0 Å². The Morgan fingerprint density at radius 1 is 1.14 bits per heavy atom. The number of rotatable bonds is 9. The van der Waals surface area contributed by atoms with Crippen molar-refractivity contribution in [2.24, 2.45) is 5.92 Å². The van der Waals surface area contributed by atoms with Gasteiger partial charge in [-0.05, 0) is 35.7 Å². The first-order chi connectivity index (χ1) is 17.5. The van der Waals surface area contributed by atoms with Gasteiger partial charge in [0.25, 0.3) is 5.91 Å². The largest absolute Gasteiger partial charge is 0.484 e. The molecule has 1 aliphatic heterocycles. The van der Waals surface area contributed by atoms with Gasteiger partial charge in [0.1, 0.15) is 16.1 Å². The number of nitrogens with one attached hydrogen (secondary N) is 4. The highest BCUT2D eigenvalue weighted by Crippen LogP contribution is 2.30. The summed E-state index contributed by atoms with van der Waals surface area (Å²) in [6, 6.07) is 15.9. The molecule has 36 heavy (non-hydrogen) atoms. The molecule has 2 aromatic carbocycles. The maximum atomic E-state index is 12.0. The van der Waals surface area contributed by atoms with Gasteiger partial charge in [0.05, 0.1) is 5.51 Å². The average Bonchev–Trinajstić information content (AvgIpc) is 3.59. The predicted molar refractivity (Wildman–Crippen MR) is 142 cm³/mol. The summed E-state index contributed by atoms with van der Waals surface area (Å²) in [5, 5.41) is 6.27. The minimum atomic E-state index is -0.144. The monoisotopic (exact) mass is 503 g/mol. The number of benzene rings is 2. The molecule has 1 fully saturated rings. The summed E-state index contributed by atoms with van der Waals surface area (Å²) in [6.45, 7) is 6.53. The molecule has 0 atom stereocenters. The summed E-state index contributed by atoms with van der Waals surface area (Å²) >= 11 is 1.47. The van der Waals surface area contributed by atoms with E-state index in [0.717, 1.165) is 34.7 Å². The molecule has 0 unspecified atom stereocenters. The van der Waals surface area contributed by atoms with Crippen LogP contribution in [0.4, 0.5) is 11.5 Å². The predicted octanol–water partition coefficient (Wildman–Crippen LogP) is 3.84. The summed E-state index contributed by atoms with van der Waals surface area (Å²) in [6.07, 6.45) is 0. The van der Waals surface area contributed by atoms with Crippen LogP contribution in [-0.4, -0.2) is 47.1 Å². The molecular formula is C26H29N7O2S. The van der Waals surface area contributed by atoms with Crippen LogP contribution < -0.4 is 26.2 Å². The first kappa shape index (κ1) is 24.1. The zero-order valence-electron chi connectivity index (χ0n) is 20.2. The molecule has 4 aromatic rings. The number of ether oxygens (including phenoxy) is 1. The fourth-order valence-corrected chi connectivity index (χ4v) is 4.55. The second-order valence-corrected chi connectivity index (χ2v) is 9.96. The van der Waals surface area contributed by atoms with Crippen LogP contribution in [0.2, 0.25) is 0 Å². The molecule has 1 saturated heterocycles. The zero-order chi connectivity index (χ0) is 24.9. The van der Waals surface area contributed by atoms with Crippen LogP contribution in [0, 0.1) is 5.92 Å². The van der Waals surface area contributed by atoms with Crippen molar-refractivity contribution < 1.29 is 9.53 Å². The Morgan fingerprint density at radius 2 is 1.94 bits per heavy atom. The second-order valence-electron chi connectivity index (χ2n) is 9.12. The van der Waals surface area contributed by atoms with E-state index in [2.05, 4.69) is 64.6 Å². The van der Waals surface area contributed by atoms with Crippen LogP contribution in [0.1, 0.15) is 25.3 Å². The molecule has 0 aliphatic carbocycles. The first-order valence-electron chi connectivity index (χ1n) is 12.0. The van der Waals surface area contributed by atoms with Gasteiger partial charge in [0.2, 0.25) is 0 Å². The summed E-state index contributed by atoms with van der Waals surface area (Å²) in [5.41, 5.74) is 11.9. The number of anilines is 2. The fourth-order valence-electron chi connectivity index (χ4n) is 3.89. The Bertz CT molecular complexity index is 1330. The maximum Gasteiger partial charge on any atom is 0.257 e. The molecule has 1 aliphatic rings. The van der Waals surface area contributed by atoms with Crippen molar-refractivity contribution in [1.82, 2.24) is 31.1 Å². The fraction of sp³-hybridized carbons (Fsp3) is 0.308. The molecular weight excluding hydrogens is 474 g/mol. The highest BCUT2D eigenvalue weighted by Gasteiger charge is 2.17. The van der Waals surface area contributed by atoms with Gasteiger partial charge < -0.3 is 15.4 Å². The third kappa shape index (κ3) is 5.78. The Hall–Kier alpha value is -3.60. The van der Waals surface area contributed by atoms with E-state index in [9.17, 15) is 4.79 Å². The lowest BCUT2D eigenvalue weighted by molar-refractivity contribution is -0.123. The van der Waals surface area contributed by atoms with Crippen LogP contribution in [-0.2, 0) is 4.79 Å². The van der Waals surface area contributed by atoms with Crippen molar-refractivity contribution in [3.05, 3.63) is 59.6 Å². The van der Waals surface area contributed by atoms with Crippen molar-refractivity contribution in [2.75, 3.05) is 31.6 Å². The van der Waals surface area contributed by atoms with Crippen molar-refractivity contribution in [3.8, 4) is 17.1 Å². The van der Waals surface area contributed by atoms with Crippen LogP contribution >= 0.6 is 11.3 Å². The third-order valence-electron chi connectivity index (χ3n) is 5.83. The van der Waals surface area contributed by atoms with Crippen molar-refractivity contribution in [2.45, 2.75) is 19.8 Å². The van der Waals surface area contributed by atoms with E-state index in [0.29, 0.717) is 35.8 Å². The Labute approximate surface area is 213 Å². The van der Waals surface area contributed by atoms with E-state index in [-0.39, 0.29) is 12.5 Å². The van der Waals surface area contributed by atoms with Gasteiger partial charge in [-0.2, -0.15) is 0 Å². The SMILES string of the molecule is CC(C)CNC(=O)COc1cccc(-c2nc(Nc3ccc(C4CNNC4)cc3)c3ncsc3n2)c1. The highest BCUT2D eigenvalue weighted by atomic mass is 32.1. The minimum Gasteiger partial charge on any atom is -0.484 e. The Morgan fingerprint density at radius 3 is 2.72 bits per heavy atom. The van der Waals surface area contributed by atoms with Gasteiger partial charge in [-0.1, -0.05) is 38.1 Å². The molecule has 5 rings (SSSR count). The zero-order valence-corrected chi connectivity index (χ0v) is 21.1. The number of hydrogen-bond donors (Lipinski definition) is 4. The van der Waals surface area contributed by atoms with Gasteiger partial charge >= 0.3 is 0 Å². The minimum absolute atomic E-state index is 0.0410. The topological polar surface area (TPSA) is 113 Å². The standard InChI is InChI=1S/C26H29N7O2S/c1-16(2)11-27-22(34)14-35-21-5-3-4-18(10-21)24-32-25(23-26(33-24)36-15-28-23)31-20-8-6-17(7-9-20)19-12-29-30-13-19/h3-10,15-16,19,29-30H,11-14H2,1-2H3,(H,27,34)(H,31,32,33). The van der Waals surface area contributed by atoms with Crippen LogP contribution in [0.25, 0.3) is 21.7 Å². The number of thiazole rings is 1. The van der Waals surface area contributed by atoms with Crippen molar-refractivity contribution >= 4 is 39.1 Å². The quantitative estimate of drug-likeness (QED) is 0.273. The lowest BCUT2D eigenvalue weighted by Crippen LogP contribution is -2.31. The number of fused-ring (bicyclic) bond motifs is 1. The number of hydrazine groups is 1. The summed E-state index contributed by atoms with van der Waals surface area (Å²) in [4.78, 5) is 26.8. The molecule has 0 radical (unpaired) electrons. The number of amides is 1. The van der Waals surface area contributed by atoms with Gasteiger partial charge in [-0.15, -0.1) is 11.3 Å². The van der Waals surface area contributed by atoms with Gasteiger partial charge in [-0.25, -0.2) is 15.0 Å². The maximum absolute atomic E-state index is 12.0. The number of carbonyl (C=O) groups is 1. The van der Waals surface area contributed by atoms with E-state index in [4.69, 9.17) is 14.7 Å². The van der Waals surface area contributed by atoms with Crippen molar-refractivity contribution in [3.63, 3.8) is 0 Å². The third-order valence-corrected chi connectivity index (χ3v) is 6.55. The van der Waals surface area contributed by atoms with Gasteiger partial charge in [0, 0.05) is 36.8 Å². The smallest absolute Gasteiger partial charge is 0.257 e. The molecule has 0 saturated carbocycles. The molecule has 9 nitrogen and oxygen atoms in total. The number of hydrogen-bond acceptors (Lipinski definition) is 9. The molecule has 1 amide bonds. The van der Waals surface area contributed by atoms with Gasteiger partial charge in [-0.3, -0.25) is 15.6 Å². The van der Waals surface area contributed by atoms with E-state index >= 15 is 0 Å².